The van der Waals surface area contributed by atoms with E-state index in [0.29, 0.717) is 12.6 Å². The number of nitrogens with zero attached hydrogens (tertiary/aromatic N) is 3. The van der Waals surface area contributed by atoms with Gasteiger partial charge in [-0.25, -0.2) is 4.39 Å². The quantitative estimate of drug-likeness (QED) is 0.488. The maximum absolute atomic E-state index is 13.4. The molecule has 29 heavy (non-hydrogen) atoms. The highest BCUT2D eigenvalue weighted by atomic mass is 19.1. The van der Waals surface area contributed by atoms with Crippen molar-refractivity contribution < 1.29 is 9.13 Å². The van der Waals surface area contributed by atoms with Gasteiger partial charge in [0.1, 0.15) is 5.82 Å². The van der Waals surface area contributed by atoms with Gasteiger partial charge in [0.15, 0.2) is 5.96 Å². The molecule has 0 aromatic heterocycles. The average Bonchev–Trinajstić information content (AvgIpc) is 3.56. The number of aliphatic imine (C=N–C) groups is 1. The van der Waals surface area contributed by atoms with E-state index in [1.807, 2.05) is 12.1 Å². The Morgan fingerprint density at radius 2 is 1.90 bits per heavy atom. The third-order valence-corrected chi connectivity index (χ3v) is 5.77. The van der Waals surface area contributed by atoms with Crippen molar-refractivity contribution >= 4 is 5.96 Å². The molecule has 1 aromatic rings. The second-order valence-electron chi connectivity index (χ2n) is 8.16. The van der Waals surface area contributed by atoms with E-state index in [1.165, 1.54) is 25.0 Å². The van der Waals surface area contributed by atoms with Crippen LogP contribution in [0.25, 0.3) is 0 Å². The van der Waals surface area contributed by atoms with Gasteiger partial charge in [0.25, 0.3) is 0 Å². The summed E-state index contributed by atoms with van der Waals surface area (Å²) in [4.78, 5) is 9.35. The molecule has 1 saturated carbocycles. The first-order chi connectivity index (χ1) is 14.1. The van der Waals surface area contributed by atoms with Gasteiger partial charge >= 0.3 is 0 Å². The predicted molar refractivity (Wildman–Crippen MR) is 116 cm³/mol. The van der Waals surface area contributed by atoms with Crippen LogP contribution in [0.2, 0.25) is 0 Å². The van der Waals surface area contributed by atoms with Gasteiger partial charge in [0.05, 0.1) is 19.3 Å². The van der Waals surface area contributed by atoms with Gasteiger partial charge in [-0.15, -0.1) is 0 Å². The van der Waals surface area contributed by atoms with Gasteiger partial charge in [0, 0.05) is 51.9 Å². The summed E-state index contributed by atoms with van der Waals surface area (Å²) < 4.78 is 18.9. The SMILES string of the molecule is CN=C(NCCN(C(C)C)C1CC1)NCC(c1ccc(F)cc1)N1CCOCC1. The predicted octanol–water partition coefficient (Wildman–Crippen LogP) is 2.24. The summed E-state index contributed by atoms with van der Waals surface area (Å²) in [5, 5.41) is 6.92. The number of nitrogens with one attached hydrogen (secondary N) is 2. The minimum Gasteiger partial charge on any atom is -0.379 e. The third kappa shape index (κ3) is 6.66. The summed E-state index contributed by atoms with van der Waals surface area (Å²) in [5.74, 6) is 0.607. The molecule has 0 spiro atoms. The van der Waals surface area contributed by atoms with E-state index in [-0.39, 0.29) is 11.9 Å². The summed E-state index contributed by atoms with van der Waals surface area (Å²) in [5.41, 5.74) is 1.11. The molecule has 1 saturated heterocycles. The van der Waals surface area contributed by atoms with E-state index < -0.39 is 0 Å². The average molecular weight is 406 g/mol. The third-order valence-electron chi connectivity index (χ3n) is 5.77. The Hall–Kier alpha value is -1.70. The number of rotatable bonds is 9. The number of hydrogen-bond acceptors (Lipinski definition) is 4. The molecule has 7 heteroatoms. The van der Waals surface area contributed by atoms with E-state index in [1.54, 1.807) is 7.05 Å². The van der Waals surface area contributed by atoms with Gasteiger partial charge in [-0.3, -0.25) is 14.8 Å². The van der Waals surface area contributed by atoms with Crippen molar-refractivity contribution in [2.45, 2.75) is 44.8 Å². The highest BCUT2D eigenvalue weighted by Gasteiger charge is 2.30. The molecule has 1 aromatic carbocycles. The second kappa shape index (κ2) is 10.9. The molecule has 1 aliphatic heterocycles. The van der Waals surface area contributed by atoms with Crippen LogP contribution in [-0.4, -0.2) is 80.8 Å². The van der Waals surface area contributed by atoms with Gasteiger partial charge in [-0.2, -0.15) is 0 Å². The maximum Gasteiger partial charge on any atom is 0.191 e. The first kappa shape index (κ1) is 22.0. The highest BCUT2D eigenvalue weighted by Crippen LogP contribution is 2.28. The van der Waals surface area contributed by atoms with Crippen molar-refractivity contribution in [2.75, 3.05) is 53.0 Å². The first-order valence-corrected chi connectivity index (χ1v) is 10.9. The van der Waals surface area contributed by atoms with Crippen molar-refractivity contribution in [3.63, 3.8) is 0 Å². The van der Waals surface area contributed by atoms with E-state index in [4.69, 9.17) is 4.74 Å². The van der Waals surface area contributed by atoms with Crippen molar-refractivity contribution in [2.24, 2.45) is 4.99 Å². The zero-order chi connectivity index (χ0) is 20.6. The molecule has 2 N–H and O–H groups in total. The molecule has 1 atom stereocenters. The fourth-order valence-corrected chi connectivity index (χ4v) is 4.02. The fraction of sp³-hybridized carbons (Fsp3) is 0.682. The topological polar surface area (TPSA) is 52.1 Å². The smallest absolute Gasteiger partial charge is 0.191 e. The summed E-state index contributed by atoms with van der Waals surface area (Å²) in [6.07, 6.45) is 2.65. The molecule has 3 rings (SSSR count). The molecule has 1 heterocycles. The Bertz CT molecular complexity index is 639. The van der Waals surface area contributed by atoms with Crippen LogP contribution >= 0.6 is 0 Å². The van der Waals surface area contributed by atoms with Crippen LogP contribution in [0.4, 0.5) is 4.39 Å². The number of ether oxygens (including phenoxy) is 1. The Kier molecular flexibility index (Phi) is 8.27. The first-order valence-electron chi connectivity index (χ1n) is 10.9. The van der Waals surface area contributed by atoms with Crippen molar-refractivity contribution in [3.05, 3.63) is 35.6 Å². The number of halogens is 1. The second-order valence-corrected chi connectivity index (χ2v) is 8.16. The van der Waals surface area contributed by atoms with Crippen LogP contribution in [0.5, 0.6) is 0 Å². The zero-order valence-electron chi connectivity index (χ0n) is 18.0. The lowest BCUT2D eigenvalue weighted by molar-refractivity contribution is 0.0170. The molecule has 2 fully saturated rings. The molecule has 0 bridgehead atoms. The standard InChI is InChI=1S/C22H36FN5O/c1-17(2)28(20-8-9-20)11-10-25-22(24-3)26-16-21(27-12-14-29-15-13-27)18-4-6-19(23)7-5-18/h4-7,17,20-21H,8-16H2,1-3H3,(H2,24,25,26). The highest BCUT2D eigenvalue weighted by molar-refractivity contribution is 5.79. The Morgan fingerprint density at radius 3 is 2.48 bits per heavy atom. The molecule has 6 nitrogen and oxygen atoms in total. The largest absolute Gasteiger partial charge is 0.379 e. The van der Waals surface area contributed by atoms with Gasteiger partial charge in [-0.05, 0) is 44.4 Å². The summed E-state index contributed by atoms with van der Waals surface area (Å²) >= 11 is 0. The minimum atomic E-state index is -0.203. The lowest BCUT2D eigenvalue weighted by Gasteiger charge is -2.35. The molecule has 0 radical (unpaired) electrons. The van der Waals surface area contributed by atoms with Crippen LogP contribution < -0.4 is 10.6 Å². The van der Waals surface area contributed by atoms with E-state index in [0.717, 1.165) is 57.0 Å². The van der Waals surface area contributed by atoms with Crippen LogP contribution in [0.1, 0.15) is 38.3 Å². The van der Waals surface area contributed by atoms with Crippen LogP contribution in [0, 0.1) is 5.82 Å². The number of hydrogen-bond donors (Lipinski definition) is 2. The maximum atomic E-state index is 13.4. The van der Waals surface area contributed by atoms with Crippen LogP contribution in [-0.2, 0) is 4.74 Å². The molecule has 1 aliphatic carbocycles. The number of benzene rings is 1. The Morgan fingerprint density at radius 1 is 1.21 bits per heavy atom. The molecule has 1 unspecified atom stereocenters. The fourth-order valence-electron chi connectivity index (χ4n) is 4.02. The van der Waals surface area contributed by atoms with Crippen molar-refractivity contribution in [3.8, 4) is 0 Å². The lowest BCUT2D eigenvalue weighted by atomic mass is 10.0. The minimum absolute atomic E-state index is 0.150. The van der Waals surface area contributed by atoms with E-state index in [2.05, 4.69) is 39.3 Å². The lowest BCUT2D eigenvalue weighted by Crippen LogP contribution is -2.47. The molecule has 162 valence electrons. The molecule has 0 amide bonds. The monoisotopic (exact) mass is 405 g/mol. The van der Waals surface area contributed by atoms with E-state index >= 15 is 0 Å². The Balaban J connectivity index is 1.54. The van der Waals surface area contributed by atoms with Gasteiger partial charge in [-0.1, -0.05) is 12.1 Å². The van der Waals surface area contributed by atoms with Crippen LogP contribution in [0.3, 0.4) is 0 Å². The normalized spacial score (nSPS) is 19.6. The molecular weight excluding hydrogens is 369 g/mol. The van der Waals surface area contributed by atoms with E-state index in [9.17, 15) is 4.39 Å². The van der Waals surface area contributed by atoms with Gasteiger partial charge in [0.2, 0.25) is 0 Å². The van der Waals surface area contributed by atoms with Crippen molar-refractivity contribution in [1.29, 1.82) is 0 Å². The number of guanidine groups is 1. The summed E-state index contributed by atoms with van der Waals surface area (Å²) in [6, 6.07) is 8.31. The number of morpholine rings is 1. The Labute approximate surface area is 174 Å². The zero-order valence-corrected chi connectivity index (χ0v) is 18.0. The van der Waals surface area contributed by atoms with Gasteiger partial charge < -0.3 is 15.4 Å². The summed E-state index contributed by atoms with van der Waals surface area (Å²) in [6.45, 7) is 10.3. The molecule has 2 aliphatic rings. The van der Waals surface area contributed by atoms with Crippen LogP contribution in [0.15, 0.2) is 29.3 Å². The molecular formula is C22H36FN5O. The van der Waals surface area contributed by atoms with Crippen molar-refractivity contribution in [1.82, 2.24) is 20.4 Å². The summed E-state index contributed by atoms with van der Waals surface area (Å²) in [7, 11) is 1.80.